The van der Waals surface area contributed by atoms with Crippen LogP contribution in [0.15, 0.2) is 48.5 Å². The zero-order chi connectivity index (χ0) is 22.0. The molecular formula is C22H21FN4O4. The summed E-state index contributed by atoms with van der Waals surface area (Å²) in [5, 5.41) is 7.81. The van der Waals surface area contributed by atoms with Gasteiger partial charge in [0, 0.05) is 13.1 Å². The largest absolute Gasteiger partial charge is 0.353 e. The van der Waals surface area contributed by atoms with E-state index in [1.54, 1.807) is 6.07 Å². The summed E-state index contributed by atoms with van der Waals surface area (Å²) in [6.07, 6.45) is 1.13. The van der Waals surface area contributed by atoms with Crippen molar-refractivity contribution in [2.45, 2.75) is 18.4 Å². The number of nitrogens with zero attached hydrogens (tertiary/aromatic N) is 1. The van der Waals surface area contributed by atoms with Crippen LogP contribution in [0.4, 0.5) is 9.18 Å². The summed E-state index contributed by atoms with van der Waals surface area (Å²) in [6.45, 7) is -0.289. The van der Waals surface area contributed by atoms with E-state index < -0.39 is 41.7 Å². The third-order valence-electron chi connectivity index (χ3n) is 5.58. The van der Waals surface area contributed by atoms with E-state index >= 15 is 0 Å². The van der Waals surface area contributed by atoms with E-state index in [0.29, 0.717) is 12.8 Å². The van der Waals surface area contributed by atoms with Gasteiger partial charge in [0.25, 0.3) is 11.8 Å². The van der Waals surface area contributed by atoms with Gasteiger partial charge in [0.2, 0.25) is 5.91 Å². The molecule has 8 nitrogen and oxygen atoms in total. The number of carbonyl (C=O) groups is 4. The Labute approximate surface area is 177 Å². The lowest BCUT2D eigenvalue weighted by atomic mass is 9.92. The molecule has 1 saturated heterocycles. The van der Waals surface area contributed by atoms with Crippen LogP contribution < -0.4 is 16.0 Å². The molecule has 9 heteroatoms. The third kappa shape index (κ3) is 3.74. The van der Waals surface area contributed by atoms with Gasteiger partial charge < -0.3 is 16.0 Å². The summed E-state index contributed by atoms with van der Waals surface area (Å²) in [4.78, 5) is 50.5. The monoisotopic (exact) mass is 424 g/mol. The first kappa shape index (κ1) is 20.5. The highest BCUT2D eigenvalue weighted by atomic mass is 19.1. The molecule has 0 saturated carbocycles. The minimum Gasteiger partial charge on any atom is -0.353 e. The smallest absolute Gasteiger partial charge is 0.325 e. The Hall–Kier alpha value is -3.75. The van der Waals surface area contributed by atoms with Gasteiger partial charge in [0.15, 0.2) is 0 Å². The van der Waals surface area contributed by atoms with Crippen molar-refractivity contribution < 1.29 is 23.6 Å². The van der Waals surface area contributed by atoms with Crippen molar-refractivity contribution in [3.8, 4) is 0 Å². The summed E-state index contributed by atoms with van der Waals surface area (Å²) in [5.41, 5.74) is 0.581. The Morgan fingerprint density at radius 2 is 1.74 bits per heavy atom. The average molecular weight is 424 g/mol. The van der Waals surface area contributed by atoms with E-state index in [2.05, 4.69) is 16.0 Å². The molecule has 3 N–H and O–H groups in total. The Bertz CT molecular complexity index is 1070. The second-order valence-corrected chi connectivity index (χ2v) is 7.47. The van der Waals surface area contributed by atoms with Crippen LogP contribution in [0.5, 0.6) is 0 Å². The Morgan fingerprint density at radius 1 is 1.03 bits per heavy atom. The van der Waals surface area contributed by atoms with Crippen LogP contribution in [0.25, 0.3) is 0 Å². The molecule has 0 aromatic heterocycles. The zero-order valence-corrected chi connectivity index (χ0v) is 16.6. The molecule has 1 atom stereocenters. The predicted molar refractivity (Wildman–Crippen MR) is 108 cm³/mol. The number of imide groups is 1. The molecule has 0 radical (unpaired) electrons. The number of hydrogen-bond donors (Lipinski definition) is 3. The number of nitrogens with one attached hydrogen (secondary N) is 3. The molecule has 2 aliphatic rings. The van der Waals surface area contributed by atoms with E-state index in [0.717, 1.165) is 16.0 Å². The molecule has 1 aliphatic carbocycles. The number of rotatable bonds is 6. The van der Waals surface area contributed by atoms with E-state index in [1.807, 2.05) is 24.3 Å². The lowest BCUT2D eigenvalue weighted by Crippen LogP contribution is -2.44. The quantitative estimate of drug-likeness (QED) is 0.476. The standard InChI is InChI=1S/C22H21FN4O4/c23-17-8-4-2-6-15(17)19(29)25-12-11-24-18(28)13-27-20(30)22(26-21(27)31)10-9-14-5-1-3-7-16(14)22/h1-8H,9-13H2,(H,24,28)(H,25,29)(H,26,31). The molecule has 5 amide bonds. The average Bonchev–Trinajstić information content (AvgIpc) is 3.24. The first-order valence-corrected chi connectivity index (χ1v) is 9.94. The highest BCUT2D eigenvalue weighted by Gasteiger charge is 2.55. The maximum Gasteiger partial charge on any atom is 0.325 e. The SMILES string of the molecule is O=C(CN1C(=O)NC2(CCc3ccccc32)C1=O)NCCNC(=O)c1ccccc1F. The van der Waals surface area contributed by atoms with E-state index in [4.69, 9.17) is 0 Å². The molecule has 2 aromatic rings. The van der Waals surface area contributed by atoms with E-state index in [9.17, 15) is 23.6 Å². The molecule has 31 heavy (non-hydrogen) atoms. The Kier molecular flexibility index (Phi) is 5.41. The minimum absolute atomic E-state index is 0.0658. The highest BCUT2D eigenvalue weighted by molar-refractivity contribution is 6.09. The van der Waals surface area contributed by atoms with Gasteiger partial charge in [-0.2, -0.15) is 0 Å². The first-order chi connectivity index (χ1) is 14.9. The maximum absolute atomic E-state index is 13.6. The van der Waals surface area contributed by atoms with Crippen molar-refractivity contribution in [3.05, 3.63) is 71.0 Å². The molecule has 1 spiro atoms. The topological polar surface area (TPSA) is 108 Å². The van der Waals surface area contributed by atoms with Gasteiger partial charge in [0.05, 0.1) is 5.56 Å². The van der Waals surface area contributed by atoms with Crippen LogP contribution in [0.3, 0.4) is 0 Å². The van der Waals surface area contributed by atoms with Crippen LogP contribution in [-0.4, -0.2) is 48.3 Å². The van der Waals surface area contributed by atoms with Gasteiger partial charge in [-0.05, 0) is 36.1 Å². The summed E-state index contributed by atoms with van der Waals surface area (Å²) in [6, 6.07) is 12.4. The van der Waals surface area contributed by atoms with E-state index in [-0.39, 0.29) is 18.7 Å². The lowest BCUT2D eigenvalue weighted by Gasteiger charge is -2.22. The van der Waals surface area contributed by atoms with Gasteiger partial charge in [-0.15, -0.1) is 0 Å². The fraction of sp³-hybridized carbons (Fsp3) is 0.273. The third-order valence-corrected chi connectivity index (χ3v) is 5.58. The predicted octanol–water partition coefficient (Wildman–Crippen LogP) is 1.07. The van der Waals surface area contributed by atoms with Crippen molar-refractivity contribution in [1.29, 1.82) is 0 Å². The summed E-state index contributed by atoms with van der Waals surface area (Å²) in [5.74, 6) is -2.20. The second kappa shape index (κ2) is 8.17. The molecule has 1 heterocycles. The van der Waals surface area contributed by atoms with Gasteiger partial charge in [-0.25, -0.2) is 9.18 Å². The van der Waals surface area contributed by atoms with Crippen LogP contribution in [-0.2, 0) is 21.5 Å². The molecule has 160 valence electrons. The van der Waals surface area contributed by atoms with Crippen LogP contribution in [0.1, 0.15) is 27.9 Å². The minimum atomic E-state index is -1.11. The van der Waals surface area contributed by atoms with Crippen molar-refractivity contribution in [3.63, 3.8) is 0 Å². The van der Waals surface area contributed by atoms with Crippen LogP contribution >= 0.6 is 0 Å². The zero-order valence-electron chi connectivity index (χ0n) is 16.6. The molecule has 1 aliphatic heterocycles. The Morgan fingerprint density at radius 3 is 2.55 bits per heavy atom. The van der Waals surface area contributed by atoms with Gasteiger partial charge in [-0.3, -0.25) is 19.3 Å². The fourth-order valence-corrected chi connectivity index (χ4v) is 4.05. The number of hydrogen-bond acceptors (Lipinski definition) is 4. The van der Waals surface area contributed by atoms with Crippen LogP contribution in [0, 0.1) is 5.82 Å². The van der Waals surface area contributed by atoms with Crippen molar-refractivity contribution in [2.75, 3.05) is 19.6 Å². The van der Waals surface area contributed by atoms with E-state index in [1.165, 1.54) is 18.2 Å². The second-order valence-electron chi connectivity index (χ2n) is 7.47. The normalized spacial score (nSPS) is 19.3. The summed E-state index contributed by atoms with van der Waals surface area (Å²) >= 11 is 0. The molecule has 4 rings (SSSR count). The van der Waals surface area contributed by atoms with Crippen LogP contribution in [0.2, 0.25) is 0 Å². The van der Waals surface area contributed by atoms with Gasteiger partial charge in [-0.1, -0.05) is 36.4 Å². The molecule has 2 aromatic carbocycles. The summed E-state index contributed by atoms with van der Waals surface area (Å²) in [7, 11) is 0. The number of amides is 5. The molecule has 1 fully saturated rings. The molecule has 0 bridgehead atoms. The van der Waals surface area contributed by atoms with Gasteiger partial charge >= 0.3 is 6.03 Å². The van der Waals surface area contributed by atoms with Crippen molar-refractivity contribution >= 4 is 23.8 Å². The summed E-state index contributed by atoms with van der Waals surface area (Å²) < 4.78 is 13.6. The fourth-order valence-electron chi connectivity index (χ4n) is 4.05. The number of fused-ring (bicyclic) bond motifs is 2. The maximum atomic E-state index is 13.6. The first-order valence-electron chi connectivity index (χ1n) is 9.94. The van der Waals surface area contributed by atoms with Crippen molar-refractivity contribution in [2.24, 2.45) is 0 Å². The number of benzene rings is 2. The lowest BCUT2D eigenvalue weighted by molar-refractivity contribution is -0.135. The van der Waals surface area contributed by atoms with Gasteiger partial charge in [0.1, 0.15) is 17.9 Å². The number of urea groups is 1. The number of halogens is 1. The number of carbonyl (C=O) groups excluding carboxylic acids is 4. The highest BCUT2D eigenvalue weighted by Crippen LogP contribution is 2.41. The number of aryl methyl sites for hydroxylation is 1. The Balaban J connectivity index is 1.29. The van der Waals surface area contributed by atoms with Crippen molar-refractivity contribution in [1.82, 2.24) is 20.9 Å². The molecule has 1 unspecified atom stereocenters. The molecular weight excluding hydrogens is 403 g/mol.